The van der Waals surface area contributed by atoms with Gasteiger partial charge in [-0.3, -0.25) is 9.59 Å². The van der Waals surface area contributed by atoms with Crippen molar-refractivity contribution < 1.29 is 9.59 Å². The van der Waals surface area contributed by atoms with Gasteiger partial charge in [0.25, 0.3) is 0 Å². The Hall–Kier alpha value is -2.70. The number of aryl methyl sites for hydroxylation is 1. The molecule has 28 heavy (non-hydrogen) atoms. The van der Waals surface area contributed by atoms with Crippen molar-refractivity contribution in [1.29, 1.82) is 0 Å². The Kier molecular flexibility index (Phi) is 6.44. The minimum Gasteiger partial charge on any atom is -0.349 e. The lowest BCUT2D eigenvalue weighted by Crippen LogP contribution is -2.29. The first kappa shape index (κ1) is 20.0. The number of aromatic nitrogens is 1. The third kappa shape index (κ3) is 5.18. The van der Waals surface area contributed by atoms with Gasteiger partial charge >= 0.3 is 0 Å². The van der Waals surface area contributed by atoms with Crippen LogP contribution in [0, 0.1) is 6.92 Å². The third-order valence-corrected chi connectivity index (χ3v) is 5.23. The van der Waals surface area contributed by atoms with Gasteiger partial charge in [-0.05, 0) is 18.6 Å². The predicted molar refractivity (Wildman–Crippen MR) is 114 cm³/mol. The second-order valence-corrected chi connectivity index (χ2v) is 7.70. The maximum absolute atomic E-state index is 12.5. The fraction of sp³-hybridized carbons (Fsp3) is 0.190. The van der Waals surface area contributed by atoms with Crippen LogP contribution >= 0.6 is 22.9 Å². The second kappa shape index (κ2) is 8.99. The molecule has 144 valence electrons. The molecule has 1 unspecified atom stereocenters. The summed E-state index contributed by atoms with van der Waals surface area (Å²) in [6.07, 6.45) is 0.115. The van der Waals surface area contributed by atoms with Crippen LogP contribution in [-0.4, -0.2) is 16.8 Å². The number of nitrogens with one attached hydrogen (secondary N) is 2. The molecule has 2 amide bonds. The molecule has 0 radical (unpaired) electrons. The molecule has 0 aliphatic rings. The second-order valence-electron chi connectivity index (χ2n) is 6.43. The molecule has 0 saturated carbocycles. The number of amides is 2. The first-order chi connectivity index (χ1) is 13.4. The average molecular weight is 414 g/mol. The zero-order chi connectivity index (χ0) is 20.1. The van der Waals surface area contributed by atoms with Gasteiger partial charge < -0.3 is 10.6 Å². The summed E-state index contributed by atoms with van der Waals surface area (Å²) in [6, 6.07) is 14.8. The number of carbonyl (C=O) groups excluding carboxylic acids is 2. The quantitative estimate of drug-likeness (QED) is 0.598. The van der Waals surface area contributed by atoms with E-state index in [1.165, 1.54) is 18.3 Å². The van der Waals surface area contributed by atoms with Crippen molar-refractivity contribution in [3.8, 4) is 11.3 Å². The Morgan fingerprint density at radius 3 is 2.54 bits per heavy atom. The number of nitrogens with zero attached hydrogens (tertiary/aromatic N) is 1. The van der Waals surface area contributed by atoms with Crippen molar-refractivity contribution in [1.82, 2.24) is 10.3 Å². The van der Waals surface area contributed by atoms with E-state index in [9.17, 15) is 9.59 Å². The smallest absolute Gasteiger partial charge is 0.228 e. The number of carbonyl (C=O) groups is 2. The number of hydrogen-bond donors (Lipinski definition) is 2. The van der Waals surface area contributed by atoms with Crippen LogP contribution in [0.25, 0.3) is 11.3 Å². The van der Waals surface area contributed by atoms with Crippen LogP contribution < -0.4 is 10.6 Å². The molecule has 3 rings (SSSR count). The van der Waals surface area contributed by atoms with E-state index in [0.717, 1.165) is 16.7 Å². The molecule has 1 aromatic heterocycles. The van der Waals surface area contributed by atoms with Gasteiger partial charge in [0.15, 0.2) is 5.13 Å². The van der Waals surface area contributed by atoms with Crippen LogP contribution in [0.3, 0.4) is 0 Å². The molecule has 2 N–H and O–H groups in total. The van der Waals surface area contributed by atoms with Crippen LogP contribution in [0.1, 0.15) is 30.5 Å². The van der Waals surface area contributed by atoms with Crippen molar-refractivity contribution >= 4 is 39.9 Å². The van der Waals surface area contributed by atoms with Gasteiger partial charge in [0.05, 0.1) is 18.2 Å². The van der Waals surface area contributed by atoms with Gasteiger partial charge in [-0.1, -0.05) is 59.6 Å². The number of thiazole rings is 1. The lowest BCUT2D eigenvalue weighted by molar-refractivity contribution is -0.120. The molecule has 0 bridgehead atoms. The Morgan fingerprint density at radius 1 is 1.14 bits per heavy atom. The number of halogens is 1. The molecule has 2 aromatic carbocycles. The highest BCUT2D eigenvalue weighted by Gasteiger charge is 2.18. The summed E-state index contributed by atoms with van der Waals surface area (Å²) in [6.45, 7) is 3.43. The van der Waals surface area contributed by atoms with Crippen LogP contribution in [0.2, 0.25) is 5.02 Å². The molecule has 0 aliphatic heterocycles. The number of benzene rings is 2. The maximum atomic E-state index is 12.5. The molecular weight excluding hydrogens is 394 g/mol. The lowest BCUT2D eigenvalue weighted by atomic mass is 10.0. The van der Waals surface area contributed by atoms with Gasteiger partial charge in [-0.2, -0.15) is 0 Å². The highest BCUT2D eigenvalue weighted by molar-refractivity contribution is 7.14. The molecule has 0 spiro atoms. The monoisotopic (exact) mass is 413 g/mol. The van der Waals surface area contributed by atoms with E-state index in [4.69, 9.17) is 11.6 Å². The number of anilines is 1. The summed E-state index contributed by atoms with van der Waals surface area (Å²) >= 11 is 7.54. The highest BCUT2D eigenvalue weighted by atomic mass is 35.5. The molecule has 1 atom stereocenters. The Bertz CT molecular complexity index is 985. The molecule has 5 nitrogen and oxygen atoms in total. The van der Waals surface area contributed by atoms with E-state index in [1.54, 1.807) is 6.07 Å². The van der Waals surface area contributed by atoms with Crippen LogP contribution in [-0.2, 0) is 9.59 Å². The van der Waals surface area contributed by atoms with Gasteiger partial charge in [-0.15, -0.1) is 11.3 Å². The van der Waals surface area contributed by atoms with Crippen LogP contribution in [0.4, 0.5) is 5.13 Å². The topological polar surface area (TPSA) is 71.1 Å². The average Bonchev–Trinajstić information content (AvgIpc) is 3.10. The predicted octanol–water partition coefficient (Wildman–Crippen LogP) is 4.98. The Morgan fingerprint density at radius 2 is 1.86 bits per heavy atom. The lowest BCUT2D eigenvalue weighted by Gasteiger charge is -2.18. The maximum Gasteiger partial charge on any atom is 0.228 e. The fourth-order valence-corrected chi connectivity index (χ4v) is 3.74. The van der Waals surface area contributed by atoms with Crippen molar-refractivity contribution in [2.75, 3.05) is 5.32 Å². The van der Waals surface area contributed by atoms with E-state index in [2.05, 4.69) is 15.6 Å². The molecule has 1 heterocycles. The van der Waals surface area contributed by atoms with Crippen molar-refractivity contribution in [3.63, 3.8) is 0 Å². The largest absolute Gasteiger partial charge is 0.349 e. The zero-order valence-corrected chi connectivity index (χ0v) is 17.1. The van der Waals surface area contributed by atoms with Gasteiger partial charge in [0.2, 0.25) is 11.8 Å². The summed E-state index contributed by atoms with van der Waals surface area (Å²) in [7, 11) is 0. The Labute approximate surface area is 172 Å². The third-order valence-electron chi connectivity index (χ3n) is 4.15. The van der Waals surface area contributed by atoms with E-state index in [-0.39, 0.29) is 18.2 Å². The van der Waals surface area contributed by atoms with Gasteiger partial charge in [0, 0.05) is 22.9 Å². The first-order valence-corrected chi connectivity index (χ1v) is 10.0. The normalized spacial score (nSPS) is 11.7. The van der Waals surface area contributed by atoms with Gasteiger partial charge in [-0.25, -0.2) is 4.98 Å². The summed E-state index contributed by atoms with van der Waals surface area (Å²) < 4.78 is 0. The highest BCUT2D eigenvalue weighted by Crippen LogP contribution is 2.30. The molecule has 7 heteroatoms. The molecule has 3 aromatic rings. The van der Waals surface area contributed by atoms with E-state index >= 15 is 0 Å². The zero-order valence-electron chi connectivity index (χ0n) is 15.5. The summed E-state index contributed by atoms with van der Waals surface area (Å²) in [4.78, 5) is 28.5. The van der Waals surface area contributed by atoms with Crippen LogP contribution in [0.15, 0.2) is 53.9 Å². The van der Waals surface area contributed by atoms with Gasteiger partial charge in [0.1, 0.15) is 0 Å². The Balaban J connectivity index is 1.70. The standard InChI is InChI=1S/C21H20ClN3O2S/c1-13-7-9-15(10-8-13)18(23-14(2)26)11-20(27)25-21-24-19(12-28-21)16-5-3-4-6-17(16)22/h3-10,12,18H,11H2,1-2H3,(H,23,26)(H,24,25,27). The SMILES string of the molecule is CC(=O)NC(CC(=O)Nc1nc(-c2ccccc2Cl)cs1)c1ccc(C)cc1. The summed E-state index contributed by atoms with van der Waals surface area (Å²) in [5, 5.41) is 8.59. The minimum atomic E-state index is -0.402. The molecule has 0 aliphatic carbocycles. The van der Waals surface area contributed by atoms with E-state index in [1.807, 2.05) is 54.8 Å². The van der Waals surface area contributed by atoms with Crippen molar-refractivity contribution in [2.24, 2.45) is 0 Å². The number of hydrogen-bond acceptors (Lipinski definition) is 4. The minimum absolute atomic E-state index is 0.115. The van der Waals surface area contributed by atoms with Crippen LogP contribution in [0.5, 0.6) is 0 Å². The summed E-state index contributed by atoms with van der Waals surface area (Å²) in [5.74, 6) is -0.409. The molecular formula is C21H20ClN3O2S. The first-order valence-electron chi connectivity index (χ1n) is 8.76. The fourth-order valence-electron chi connectivity index (χ4n) is 2.78. The summed E-state index contributed by atoms with van der Waals surface area (Å²) in [5.41, 5.74) is 3.52. The van der Waals surface area contributed by atoms with Crippen molar-refractivity contribution in [3.05, 3.63) is 70.1 Å². The van der Waals surface area contributed by atoms with E-state index < -0.39 is 6.04 Å². The van der Waals surface area contributed by atoms with E-state index in [0.29, 0.717) is 15.8 Å². The molecule has 0 fully saturated rings. The molecule has 0 saturated heterocycles. The number of rotatable bonds is 6. The van der Waals surface area contributed by atoms with Crippen molar-refractivity contribution in [2.45, 2.75) is 26.3 Å².